The molecule has 28 heavy (non-hydrogen) atoms. The summed E-state index contributed by atoms with van der Waals surface area (Å²) < 4.78 is 2.22. The lowest BCUT2D eigenvalue weighted by atomic mass is 10.1. The van der Waals surface area contributed by atoms with Crippen LogP contribution in [0.4, 0.5) is 0 Å². The van der Waals surface area contributed by atoms with Crippen LogP contribution in [0, 0.1) is 6.92 Å². The molecular weight excluding hydrogens is 350 g/mol. The average Bonchev–Trinajstić information content (AvgIpc) is 3.04. The Hall–Kier alpha value is -2.95. The number of rotatable bonds is 9. The van der Waals surface area contributed by atoms with Crippen LogP contribution in [-0.4, -0.2) is 27.8 Å². The van der Waals surface area contributed by atoms with Crippen molar-refractivity contribution in [3.05, 3.63) is 65.5 Å². The van der Waals surface area contributed by atoms with E-state index in [1.165, 1.54) is 0 Å². The van der Waals surface area contributed by atoms with Gasteiger partial charge >= 0.3 is 0 Å². The standard InChI is InChI=1S/C23H27N3O2/c1-3-16-26-20-7-5-4-6-19(20)25-22(26)14-15-24-23(28)13-12-21(27)18-10-8-17(2)9-11-18/h4-11H,3,12-16H2,1-2H3,(H,24,28). The maximum absolute atomic E-state index is 12.2. The van der Waals surface area contributed by atoms with E-state index >= 15 is 0 Å². The summed E-state index contributed by atoms with van der Waals surface area (Å²) in [5, 5.41) is 2.92. The molecule has 0 unspecified atom stereocenters. The van der Waals surface area contributed by atoms with E-state index in [-0.39, 0.29) is 24.5 Å². The van der Waals surface area contributed by atoms with E-state index in [2.05, 4.69) is 22.9 Å². The molecule has 5 heteroatoms. The highest BCUT2D eigenvalue weighted by molar-refractivity contribution is 5.97. The minimum absolute atomic E-state index is 0.000103. The smallest absolute Gasteiger partial charge is 0.220 e. The monoisotopic (exact) mass is 377 g/mol. The van der Waals surface area contributed by atoms with Crippen LogP contribution in [0.5, 0.6) is 0 Å². The van der Waals surface area contributed by atoms with E-state index in [1.54, 1.807) is 0 Å². The number of nitrogens with zero attached hydrogens (tertiary/aromatic N) is 2. The Morgan fingerprint density at radius 3 is 2.54 bits per heavy atom. The minimum atomic E-state index is -0.0985. The first kappa shape index (κ1) is 19.8. The first-order chi connectivity index (χ1) is 13.6. The van der Waals surface area contributed by atoms with E-state index in [9.17, 15) is 9.59 Å². The van der Waals surface area contributed by atoms with Crippen LogP contribution in [0.2, 0.25) is 0 Å². The molecule has 0 spiro atoms. The Morgan fingerprint density at radius 1 is 1.04 bits per heavy atom. The number of carbonyl (C=O) groups is 2. The molecule has 1 amide bonds. The van der Waals surface area contributed by atoms with Crippen molar-refractivity contribution in [3.63, 3.8) is 0 Å². The Labute approximate surface area is 165 Å². The van der Waals surface area contributed by atoms with Gasteiger partial charge in [-0.05, 0) is 25.5 Å². The number of fused-ring (bicyclic) bond motifs is 1. The fourth-order valence-corrected chi connectivity index (χ4v) is 3.30. The average molecular weight is 377 g/mol. The quantitative estimate of drug-likeness (QED) is 0.572. The molecule has 0 saturated carbocycles. The molecule has 0 saturated heterocycles. The van der Waals surface area contributed by atoms with Crippen molar-refractivity contribution < 1.29 is 9.59 Å². The van der Waals surface area contributed by atoms with Gasteiger partial charge in [-0.1, -0.05) is 48.9 Å². The molecule has 0 aliphatic carbocycles. The van der Waals surface area contributed by atoms with Gasteiger partial charge in [0.05, 0.1) is 11.0 Å². The molecule has 0 aliphatic rings. The lowest BCUT2D eigenvalue weighted by Gasteiger charge is -2.09. The zero-order chi connectivity index (χ0) is 19.9. The fourth-order valence-electron chi connectivity index (χ4n) is 3.30. The number of nitrogens with one attached hydrogen (secondary N) is 1. The summed E-state index contributed by atoms with van der Waals surface area (Å²) >= 11 is 0. The van der Waals surface area contributed by atoms with Crippen LogP contribution in [0.3, 0.4) is 0 Å². The van der Waals surface area contributed by atoms with Gasteiger partial charge in [-0.25, -0.2) is 4.98 Å². The highest BCUT2D eigenvalue weighted by atomic mass is 16.2. The van der Waals surface area contributed by atoms with Crippen molar-refractivity contribution in [2.75, 3.05) is 6.54 Å². The van der Waals surface area contributed by atoms with Crippen molar-refractivity contribution in [1.82, 2.24) is 14.9 Å². The van der Waals surface area contributed by atoms with Gasteiger partial charge in [0.2, 0.25) is 5.91 Å². The predicted octanol–water partition coefficient (Wildman–Crippen LogP) is 4.08. The maximum Gasteiger partial charge on any atom is 0.220 e. The van der Waals surface area contributed by atoms with Crippen molar-refractivity contribution >= 4 is 22.7 Å². The Morgan fingerprint density at radius 2 is 1.79 bits per heavy atom. The molecule has 3 rings (SSSR count). The summed E-state index contributed by atoms with van der Waals surface area (Å²) in [4.78, 5) is 29.0. The molecule has 0 bridgehead atoms. The molecular formula is C23H27N3O2. The molecule has 0 aliphatic heterocycles. The maximum atomic E-state index is 12.2. The van der Waals surface area contributed by atoms with E-state index in [0.29, 0.717) is 18.5 Å². The lowest BCUT2D eigenvalue weighted by molar-refractivity contribution is -0.121. The Bertz CT molecular complexity index is 958. The van der Waals surface area contributed by atoms with Crippen LogP contribution in [0.25, 0.3) is 11.0 Å². The number of hydrogen-bond donors (Lipinski definition) is 1. The molecule has 3 aromatic rings. The number of aryl methyl sites for hydroxylation is 2. The lowest BCUT2D eigenvalue weighted by Crippen LogP contribution is -2.26. The zero-order valence-corrected chi connectivity index (χ0v) is 16.6. The number of aromatic nitrogens is 2. The molecule has 0 radical (unpaired) electrons. The summed E-state index contributed by atoms with van der Waals surface area (Å²) in [5.41, 5.74) is 3.89. The molecule has 1 aromatic heterocycles. The summed E-state index contributed by atoms with van der Waals surface area (Å²) in [5.74, 6) is 0.887. The SMILES string of the molecule is CCCn1c(CCNC(=O)CCC(=O)c2ccc(C)cc2)nc2ccccc21. The number of ketones is 1. The van der Waals surface area contributed by atoms with Crippen LogP contribution in [0.1, 0.15) is 47.9 Å². The summed E-state index contributed by atoms with van der Waals surface area (Å²) in [6.45, 7) is 5.56. The fraction of sp³-hybridized carbons (Fsp3) is 0.348. The van der Waals surface area contributed by atoms with Crippen molar-refractivity contribution in [2.45, 2.75) is 46.1 Å². The number of Topliss-reactive ketones (excluding diaryl/α,β-unsaturated/α-hetero) is 1. The van der Waals surface area contributed by atoms with Crippen LogP contribution in [-0.2, 0) is 17.8 Å². The van der Waals surface area contributed by atoms with Gasteiger partial charge in [0.15, 0.2) is 5.78 Å². The van der Waals surface area contributed by atoms with E-state index in [0.717, 1.165) is 35.4 Å². The van der Waals surface area contributed by atoms with Crippen LogP contribution in [0.15, 0.2) is 48.5 Å². The number of carbonyl (C=O) groups excluding carboxylic acids is 2. The summed E-state index contributed by atoms with van der Waals surface area (Å²) in [6, 6.07) is 15.6. The third kappa shape index (κ3) is 4.85. The van der Waals surface area contributed by atoms with E-state index < -0.39 is 0 Å². The number of benzene rings is 2. The van der Waals surface area contributed by atoms with Gasteiger partial charge in [0, 0.05) is 37.9 Å². The van der Waals surface area contributed by atoms with Crippen molar-refractivity contribution in [2.24, 2.45) is 0 Å². The second-order valence-electron chi connectivity index (χ2n) is 7.06. The third-order valence-corrected chi connectivity index (χ3v) is 4.80. The molecule has 1 N–H and O–H groups in total. The molecule has 0 fully saturated rings. The minimum Gasteiger partial charge on any atom is -0.356 e. The Balaban J connectivity index is 1.50. The molecule has 146 valence electrons. The van der Waals surface area contributed by atoms with Crippen molar-refractivity contribution in [1.29, 1.82) is 0 Å². The van der Waals surface area contributed by atoms with Crippen LogP contribution < -0.4 is 5.32 Å². The van der Waals surface area contributed by atoms with Gasteiger partial charge in [0.25, 0.3) is 0 Å². The predicted molar refractivity (Wildman–Crippen MR) is 111 cm³/mol. The van der Waals surface area contributed by atoms with Crippen LogP contribution >= 0.6 is 0 Å². The van der Waals surface area contributed by atoms with E-state index in [4.69, 9.17) is 4.98 Å². The highest BCUT2D eigenvalue weighted by Gasteiger charge is 2.12. The van der Waals surface area contributed by atoms with Gasteiger partial charge in [-0.15, -0.1) is 0 Å². The van der Waals surface area contributed by atoms with Gasteiger partial charge in [-0.2, -0.15) is 0 Å². The normalized spacial score (nSPS) is 10.9. The Kier molecular flexibility index (Phi) is 6.58. The first-order valence-electron chi connectivity index (χ1n) is 9.89. The zero-order valence-electron chi connectivity index (χ0n) is 16.6. The summed E-state index contributed by atoms with van der Waals surface area (Å²) in [7, 11) is 0. The van der Waals surface area contributed by atoms with Gasteiger partial charge < -0.3 is 9.88 Å². The molecule has 5 nitrogen and oxygen atoms in total. The summed E-state index contributed by atoms with van der Waals surface area (Å²) in [6.07, 6.45) is 2.13. The first-order valence-corrected chi connectivity index (χ1v) is 9.89. The highest BCUT2D eigenvalue weighted by Crippen LogP contribution is 2.17. The number of para-hydroxylation sites is 2. The van der Waals surface area contributed by atoms with Gasteiger partial charge in [-0.3, -0.25) is 9.59 Å². The van der Waals surface area contributed by atoms with Gasteiger partial charge in [0.1, 0.15) is 5.82 Å². The number of amides is 1. The third-order valence-electron chi connectivity index (χ3n) is 4.80. The molecule has 0 atom stereocenters. The second-order valence-corrected chi connectivity index (χ2v) is 7.06. The number of imidazole rings is 1. The molecule has 1 heterocycles. The van der Waals surface area contributed by atoms with E-state index in [1.807, 2.05) is 49.4 Å². The second kappa shape index (κ2) is 9.31. The topological polar surface area (TPSA) is 64.0 Å². The molecule has 2 aromatic carbocycles. The largest absolute Gasteiger partial charge is 0.356 e. The number of hydrogen-bond acceptors (Lipinski definition) is 3. The van der Waals surface area contributed by atoms with Crippen molar-refractivity contribution in [3.8, 4) is 0 Å².